The van der Waals surface area contributed by atoms with Crippen molar-refractivity contribution in [1.82, 2.24) is 0 Å². The van der Waals surface area contributed by atoms with Crippen LogP contribution >= 0.6 is 0 Å². The summed E-state index contributed by atoms with van der Waals surface area (Å²) in [4.78, 5) is 22.2. The smallest absolute Gasteiger partial charge is 0.307 e. The summed E-state index contributed by atoms with van der Waals surface area (Å²) < 4.78 is 5.87. The molecule has 5 heteroatoms. The van der Waals surface area contributed by atoms with Crippen LogP contribution in [0.3, 0.4) is 0 Å². The van der Waals surface area contributed by atoms with Crippen molar-refractivity contribution in [3.05, 3.63) is 89.5 Å². The van der Waals surface area contributed by atoms with E-state index < -0.39 is 5.97 Å². The highest BCUT2D eigenvalue weighted by atomic mass is 16.5. The molecule has 0 aliphatic rings. The van der Waals surface area contributed by atoms with Gasteiger partial charge in [-0.25, -0.2) is 0 Å². The molecule has 0 unspecified atom stereocenters. The molecule has 0 fully saturated rings. The lowest BCUT2D eigenvalue weighted by atomic mass is 10.00. The summed E-state index contributed by atoms with van der Waals surface area (Å²) in [7, 11) is 0. The summed E-state index contributed by atoms with van der Waals surface area (Å²) >= 11 is 0. The van der Waals surface area contributed by atoms with E-state index in [2.05, 4.69) is 0 Å². The molecule has 0 spiro atoms. The van der Waals surface area contributed by atoms with E-state index in [1.807, 2.05) is 54.6 Å². The van der Waals surface area contributed by atoms with Crippen molar-refractivity contribution in [2.24, 2.45) is 5.73 Å². The van der Waals surface area contributed by atoms with Gasteiger partial charge < -0.3 is 15.6 Å². The third-order valence-corrected chi connectivity index (χ3v) is 4.27. The number of rotatable bonds is 8. The summed E-state index contributed by atoms with van der Waals surface area (Å²) in [5.74, 6) is -0.688. The molecule has 3 aromatic carbocycles. The fourth-order valence-corrected chi connectivity index (χ4v) is 3.02. The molecule has 0 aliphatic heterocycles. The summed E-state index contributed by atoms with van der Waals surface area (Å²) in [5.41, 5.74) is 9.76. The van der Waals surface area contributed by atoms with Crippen molar-refractivity contribution in [3.63, 3.8) is 0 Å². The predicted molar refractivity (Wildman–Crippen MR) is 107 cm³/mol. The molecule has 0 radical (unpaired) electrons. The normalized spacial score (nSPS) is 10.4. The number of para-hydroxylation sites is 1. The summed E-state index contributed by atoms with van der Waals surface area (Å²) in [6.45, 7) is 0.325. The molecule has 3 rings (SSSR count). The van der Waals surface area contributed by atoms with Crippen molar-refractivity contribution in [1.29, 1.82) is 0 Å². The molecule has 1 amide bonds. The van der Waals surface area contributed by atoms with Gasteiger partial charge in [0, 0.05) is 5.56 Å². The van der Waals surface area contributed by atoms with E-state index in [4.69, 9.17) is 15.6 Å². The Balaban J connectivity index is 1.76. The van der Waals surface area contributed by atoms with E-state index in [-0.39, 0.29) is 18.7 Å². The average Bonchev–Trinajstić information content (AvgIpc) is 2.67. The number of amides is 1. The Morgan fingerprint density at radius 1 is 0.821 bits per heavy atom. The summed E-state index contributed by atoms with van der Waals surface area (Å²) in [6.07, 6.45) is 0.125. The minimum absolute atomic E-state index is 0.0805. The van der Waals surface area contributed by atoms with Crippen molar-refractivity contribution in [3.8, 4) is 16.9 Å². The number of hydrogen-bond donors (Lipinski definition) is 2. The first-order valence-corrected chi connectivity index (χ1v) is 8.90. The monoisotopic (exact) mass is 375 g/mol. The summed E-state index contributed by atoms with van der Waals surface area (Å²) in [5, 5.41) is 9.03. The third kappa shape index (κ3) is 5.20. The average molecular weight is 375 g/mol. The van der Waals surface area contributed by atoms with Crippen molar-refractivity contribution in [2.45, 2.75) is 19.4 Å². The quantitative estimate of drug-likeness (QED) is 0.630. The lowest BCUT2D eigenvalue weighted by Crippen LogP contribution is -2.13. The van der Waals surface area contributed by atoms with E-state index in [9.17, 15) is 9.59 Å². The van der Waals surface area contributed by atoms with Crippen molar-refractivity contribution >= 4 is 11.9 Å². The SMILES string of the molecule is NC(=O)Cc1cccc(-c2cccc(COc3ccccc3CC(=O)O)c2)c1. The molecule has 0 atom stereocenters. The van der Waals surface area contributed by atoms with Gasteiger partial charge in [0.2, 0.25) is 5.91 Å². The van der Waals surface area contributed by atoms with Crippen LogP contribution in [0.4, 0.5) is 0 Å². The molecule has 0 heterocycles. The van der Waals surface area contributed by atoms with E-state index in [1.54, 1.807) is 18.2 Å². The first-order chi connectivity index (χ1) is 13.5. The van der Waals surface area contributed by atoms with Gasteiger partial charge in [-0.1, -0.05) is 60.7 Å². The van der Waals surface area contributed by atoms with Crippen molar-refractivity contribution < 1.29 is 19.4 Å². The highest BCUT2D eigenvalue weighted by molar-refractivity contribution is 5.77. The lowest BCUT2D eigenvalue weighted by molar-refractivity contribution is -0.136. The molecule has 0 aromatic heterocycles. The highest BCUT2D eigenvalue weighted by Gasteiger charge is 2.08. The molecule has 3 aromatic rings. The maximum atomic E-state index is 11.2. The molecule has 5 nitrogen and oxygen atoms in total. The molecule has 0 aliphatic carbocycles. The molecule has 0 bridgehead atoms. The van der Waals surface area contributed by atoms with Crippen LogP contribution in [0.25, 0.3) is 11.1 Å². The number of nitrogens with two attached hydrogens (primary N) is 1. The van der Waals surface area contributed by atoms with Crippen LogP contribution in [-0.4, -0.2) is 17.0 Å². The molecule has 3 N–H and O–H groups in total. The van der Waals surface area contributed by atoms with Gasteiger partial charge in [-0.05, 0) is 34.4 Å². The number of carboxylic acid groups (broad SMARTS) is 1. The van der Waals surface area contributed by atoms with Gasteiger partial charge in [-0.2, -0.15) is 0 Å². The first kappa shape index (κ1) is 19.2. The standard InChI is InChI=1S/C23H21NO4/c24-22(25)13-16-5-3-8-18(11-16)19-9-4-6-17(12-19)15-28-21-10-2-1-7-20(21)14-23(26)27/h1-12H,13-15H2,(H2,24,25)(H,26,27). The van der Waals surface area contributed by atoms with Crippen LogP contribution < -0.4 is 10.5 Å². The molecular weight excluding hydrogens is 354 g/mol. The number of ether oxygens (including phenoxy) is 1. The summed E-state index contributed by atoms with van der Waals surface area (Å²) in [6, 6.07) is 22.8. The molecule has 142 valence electrons. The van der Waals surface area contributed by atoms with Gasteiger partial charge in [0.1, 0.15) is 12.4 Å². The van der Waals surface area contributed by atoms with Crippen LogP contribution in [0, 0.1) is 0 Å². The minimum Gasteiger partial charge on any atom is -0.489 e. The van der Waals surface area contributed by atoms with Crippen LogP contribution in [0.1, 0.15) is 16.7 Å². The highest BCUT2D eigenvalue weighted by Crippen LogP contribution is 2.24. The number of carbonyl (C=O) groups excluding carboxylic acids is 1. The van der Waals surface area contributed by atoms with Gasteiger partial charge >= 0.3 is 5.97 Å². The van der Waals surface area contributed by atoms with Crippen molar-refractivity contribution in [2.75, 3.05) is 0 Å². The van der Waals surface area contributed by atoms with Crippen LogP contribution in [0.5, 0.6) is 5.75 Å². The van der Waals surface area contributed by atoms with Gasteiger partial charge in [0.05, 0.1) is 12.8 Å². The predicted octanol–water partition coefficient (Wildman–Crippen LogP) is 3.59. The van der Waals surface area contributed by atoms with E-state index in [0.717, 1.165) is 22.3 Å². The molecule has 0 saturated carbocycles. The van der Waals surface area contributed by atoms with Crippen LogP contribution in [0.2, 0.25) is 0 Å². The zero-order valence-corrected chi connectivity index (χ0v) is 15.3. The minimum atomic E-state index is -0.895. The number of primary amides is 1. The number of aliphatic carboxylic acids is 1. The first-order valence-electron chi connectivity index (χ1n) is 8.90. The fourth-order valence-electron chi connectivity index (χ4n) is 3.02. The van der Waals surface area contributed by atoms with Gasteiger partial charge in [-0.3, -0.25) is 9.59 Å². The van der Waals surface area contributed by atoms with Crippen LogP contribution in [0.15, 0.2) is 72.8 Å². The third-order valence-electron chi connectivity index (χ3n) is 4.27. The molecular formula is C23H21NO4. The second-order valence-electron chi connectivity index (χ2n) is 6.51. The number of hydrogen-bond acceptors (Lipinski definition) is 3. The zero-order chi connectivity index (χ0) is 19.9. The fraction of sp³-hybridized carbons (Fsp3) is 0.130. The molecule has 0 saturated heterocycles. The van der Waals surface area contributed by atoms with E-state index in [0.29, 0.717) is 17.9 Å². The van der Waals surface area contributed by atoms with Gasteiger partial charge in [0.25, 0.3) is 0 Å². The maximum Gasteiger partial charge on any atom is 0.307 e. The zero-order valence-electron chi connectivity index (χ0n) is 15.3. The Kier molecular flexibility index (Phi) is 6.07. The largest absolute Gasteiger partial charge is 0.489 e. The number of carboxylic acids is 1. The maximum absolute atomic E-state index is 11.2. The number of carbonyl (C=O) groups is 2. The Morgan fingerprint density at radius 2 is 1.46 bits per heavy atom. The lowest BCUT2D eigenvalue weighted by Gasteiger charge is -2.11. The second kappa shape index (κ2) is 8.86. The topological polar surface area (TPSA) is 89.6 Å². The Hall–Kier alpha value is -3.60. The van der Waals surface area contributed by atoms with Gasteiger partial charge in [-0.15, -0.1) is 0 Å². The van der Waals surface area contributed by atoms with E-state index in [1.165, 1.54) is 0 Å². The number of benzene rings is 3. The van der Waals surface area contributed by atoms with Crippen LogP contribution in [-0.2, 0) is 29.0 Å². The Morgan fingerprint density at radius 3 is 2.14 bits per heavy atom. The van der Waals surface area contributed by atoms with E-state index >= 15 is 0 Å². The Labute approximate surface area is 163 Å². The second-order valence-corrected chi connectivity index (χ2v) is 6.51. The molecule has 28 heavy (non-hydrogen) atoms. The Bertz CT molecular complexity index is 997. The van der Waals surface area contributed by atoms with Gasteiger partial charge in [0.15, 0.2) is 0 Å².